The maximum absolute atomic E-state index is 13.2. The third kappa shape index (κ3) is 4.38. The van der Waals surface area contributed by atoms with Gasteiger partial charge in [0, 0.05) is 3.58 Å². The van der Waals surface area contributed by atoms with E-state index in [9.17, 15) is 39.7 Å². The zero-order valence-corrected chi connectivity index (χ0v) is 13.3. The summed E-state index contributed by atoms with van der Waals surface area (Å²) < 4.78 is 99.1. The molecule has 1 rings (SSSR count). The lowest BCUT2D eigenvalue weighted by Gasteiger charge is -2.30. The Labute approximate surface area is 135 Å². The van der Waals surface area contributed by atoms with Gasteiger partial charge in [-0.1, -0.05) is 18.2 Å². The summed E-state index contributed by atoms with van der Waals surface area (Å²) in [5.74, 6) is -2.99. The summed E-state index contributed by atoms with van der Waals surface area (Å²) in [5, 5.41) is -5.83. The molecule has 0 fully saturated rings. The summed E-state index contributed by atoms with van der Waals surface area (Å²) in [6.45, 7) is 0. The summed E-state index contributed by atoms with van der Waals surface area (Å²) in [5.41, 5.74) is 0. The Hall–Kier alpha value is -0.760. The first kappa shape index (κ1) is 19.3. The normalized spacial score (nSPS) is 21.2. The summed E-state index contributed by atoms with van der Waals surface area (Å²) >= 11 is 1.73. The molecule has 12 heteroatoms. The van der Waals surface area contributed by atoms with Gasteiger partial charge in [-0.25, -0.2) is 8.42 Å². The Kier molecular flexibility index (Phi) is 5.60. The van der Waals surface area contributed by atoms with E-state index >= 15 is 0 Å². The minimum Gasteiger partial charge on any atom is -0.743 e. The van der Waals surface area contributed by atoms with E-state index in [-0.39, 0.29) is 6.42 Å². The van der Waals surface area contributed by atoms with Crippen LogP contribution in [0.1, 0.15) is 6.42 Å². The van der Waals surface area contributed by atoms with Crippen molar-refractivity contribution in [3.8, 4) is 0 Å². The highest BCUT2D eigenvalue weighted by Crippen LogP contribution is 2.38. The zero-order chi connectivity index (χ0) is 17.3. The molecular weight excluding hydrogens is 454 g/mol. The van der Waals surface area contributed by atoms with Crippen LogP contribution in [-0.2, 0) is 19.6 Å². The van der Waals surface area contributed by atoms with Gasteiger partial charge in [0.15, 0.2) is 10.1 Å². The van der Waals surface area contributed by atoms with Crippen LogP contribution in [0, 0.1) is 5.92 Å². The molecule has 0 aliphatic heterocycles. The minimum atomic E-state index is -6.68. The molecule has 0 radical (unpaired) electrons. The summed E-state index contributed by atoms with van der Waals surface area (Å²) in [6, 6.07) is 0. The molecule has 0 N–H and O–H groups in total. The van der Waals surface area contributed by atoms with Crippen LogP contribution >= 0.6 is 22.6 Å². The van der Waals surface area contributed by atoms with Crippen molar-refractivity contribution in [2.75, 3.05) is 0 Å². The van der Waals surface area contributed by atoms with E-state index in [1.807, 2.05) is 0 Å². The second-order valence-corrected chi connectivity index (χ2v) is 6.87. The molecule has 1 aliphatic carbocycles. The Bertz CT molecular complexity index is 610. The molecule has 0 aromatic carbocycles. The Morgan fingerprint density at radius 1 is 1.36 bits per heavy atom. The molecule has 0 aromatic heterocycles. The fourth-order valence-corrected chi connectivity index (χ4v) is 2.60. The fourth-order valence-electron chi connectivity index (χ4n) is 1.47. The molecule has 22 heavy (non-hydrogen) atoms. The minimum absolute atomic E-state index is 0.106. The first-order valence-corrected chi connectivity index (χ1v) is 7.90. The molecule has 0 bridgehead atoms. The number of esters is 1. The average molecular weight is 461 g/mol. The van der Waals surface area contributed by atoms with Crippen LogP contribution in [0.25, 0.3) is 0 Å². The average Bonchev–Trinajstić information content (AvgIpc) is 2.32. The van der Waals surface area contributed by atoms with Gasteiger partial charge in [0.1, 0.15) is 0 Å². The molecule has 0 saturated carbocycles. The fraction of sp³-hybridized carbons (Fsp3) is 0.500. The van der Waals surface area contributed by atoms with Crippen LogP contribution in [0.5, 0.6) is 0 Å². The number of ether oxygens (including phenoxy) is 1. The van der Waals surface area contributed by atoms with Gasteiger partial charge < -0.3 is 9.29 Å². The third-order valence-electron chi connectivity index (χ3n) is 2.50. The molecule has 0 aromatic rings. The van der Waals surface area contributed by atoms with Gasteiger partial charge in [0.05, 0.1) is 5.92 Å². The molecule has 126 valence electrons. The van der Waals surface area contributed by atoms with E-state index < -0.39 is 39.5 Å². The standard InChI is InChI=1S/C10H8F5IO5S/c11-9(12,13)8(10(14,15)22(18,19)20)21-7(17)5-2-1-3-6(16)4-5/h1,3-5,8H,2H2,(H,18,19,20)/p-1. The van der Waals surface area contributed by atoms with Crippen molar-refractivity contribution < 1.29 is 44.5 Å². The molecule has 0 heterocycles. The maximum Gasteiger partial charge on any atom is 0.432 e. The summed E-state index contributed by atoms with van der Waals surface area (Å²) in [7, 11) is -6.68. The third-order valence-corrected chi connectivity index (χ3v) is 4.10. The number of halogens is 6. The van der Waals surface area contributed by atoms with Crippen LogP contribution in [0.4, 0.5) is 22.0 Å². The number of alkyl halides is 5. The van der Waals surface area contributed by atoms with Crippen LogP contribution in [0.15, 0.2) is 21.8 Å². The highest BCUT2D eigenvalue weighted by molar-refractivity contribution is 14.1. The maximum atomic E-state index is 13.2. The second-order valence-electron chi connectivity index (χ2n) is 4.17. The van der Waals surface area contributed by atoms with Gasteiger partial charge in [0.2, 0.25) is 0 Å². The van der Waals surface area contributed by atoms with Gasteiger partial charge in [-0.05, 0) is 29.0 Å². The van der Waals surface area contributed by atoms with E-state index in [1.54, 1.807) is 22.6 Å². The Morgan fingerprint density at radius 3 is 2.32 bits per heavy atom. The monoisotopic (exact) mass is 461 g/mol. The van der Waals surface area contributed by atoms with Crippen LogP contribution in [0.2, 0.25) is 0 Å². The lowest BCUT2D eigenvalue weighted by atomic mass is 10.0. The first-order valence-electron chi connectivity index (χ1n) is 5.41. The van der Waals surface area contributed by atoms with Crippen molar-refractivity contribution in [2.24, 2.45) is 5.92 Å². The van der Waals surface area contributed by atoms with Gasteiger partial charge in [0.25, 0.3) is 6.10 Å². The number of rotatable bonds is 4. The van der Waals surface area contributed by atoms with E-state index in [2.05, 4.69) is 4.74 Å². The van der Waals surface area contributed by atoms with Gasteiger partial charge >= 0.3 is 17.4 Å². The van der Waals surface area contributed by atoms with E-state index in [1.165, 1.54) is 18.2 Å². The second kappa shape index (κ2) is 6.39. The van der Waals surface area contributed by atoms with Crippen LogP contribution in [-0.4, -0.2) is 36.5 Å². The van der Waals surface area contributed by atoms with Crippen molar-refractivity contribution in [3.63, 3.8) is 0 Å². The number of carbonyl (C=O) groups excluding carboxylic acids is 1. The largest absolute Gasteiger partial charge is 0.743 e. The summed E-state index contributed by atoms with van der Waals surface area (Å²) in [6.07, 6.45) is -6.31. The lowest BCUT2D eigenvalue weighted by Crippen LogP contribution is -2.52. The van der Waals surface area contributed by atoms with E-state index in [0.717, 1.165) is 0 Å². The molecule has 0 amide bonds. The molecule has 0 saturated heterocycles. The molecule has 1 aliphatic rings. The number of hydrogen-bond acceptors (Lipinski definition) is 5. The lowest BCUT2D eigenvalue weighted by molar-refractivity contribution is -0.260. The predicted molar refractivity (Wildman–Crippen MR) is 69.9 cm³/mol. The van der Waals surface area contributed by atoms with Crippen molar-refractivity contribution in [1.29, 1.82) is 0 Å². The highest BCUT2D eigenvalue weighted by atomic mass is 127. The van der Waals surface area contributed by atoms with E-state index in [4.69, 9.17) is 0 Å². The number of carbonyl (C=O) groups is 1. The summed E-state index contributed by atoms with van der Waals surface area (Å²) in [4.78, 5) is 11.5. The van der Waals surface area contributed by atoms with E-state index in [0.29, 0.717) is 3.58 Å². The van der Waals surface area contributed by atoms with Gasteiger partial charge in [-0.3, -0.25) is 4.79 Å². The van der Waals surface area contributed by atoms with Crippen LogP contribution < -0.4 is 0 Å². The van der Waals surface area contributed by atoms with Crippen molar-refractivity contribution in [3.05, 3.63) is 21.8 Å². The first-order chi connectivity index (χ1) is 9.76. The Morgan fingerprint density at radius 2 is 1.91 bits per heavy atom. The smallest absolute Gasteiger partial charge is 0.432 e. The predicted octanol–water partition coefficient (Wildman–Crippen LogP) is 2.49. The SMILES string of the molecule is O=C(OC(C(F)(F)F)C(F)(F)S(=O)(=O)[O-])C1C=C(I)C=CC1. The molecule has 2 atom stereocenters. The molecule has 5 nitrogen and oxygen atoms in total. The van der Waals surface area contributed by atoms with Crippen LogP contribution in [0.3, 0.4) is 0 Å². The quantitative estimate of drug-likeness (QED) is 0.278. The van der Waals surface area contributed by atoms with Crippen molar-refractivity contribution in [2.45, 2.75) is 24.0 Å². The number of hydrogen-bond donors (Lipinski definition) is 0. The molecule has 0 spiro atoms. The number of allylic oxidation sites excluding steroid dienone is 3. The topological polar surface area (TPSA) is 83.5 Å². The van der Waals surface area contributed by atoms with Crippen molar-refractivity contribution in [1.82, 2.24) is 0 Å². The van der Waals surface area contributed by atoms with Gasteiger partial charge in [-0.2, -0.15) is 22.0 Å². The zero-order valence-electron chi connectivity index (χ0n) is 10.3. The van der Waals surface area contributed by atoms with Gasteiger partial charge in [-0.15, -0.1) is 0 Å². The Balaban J connectivity index is 3.07. The van der Waals surface area contributed by atoms with Crippen molar-refractivity contribution >= 4 is 38.7 Å². The highest BCUT2D eigenvalue weighted by Gasteiger charge is 2.63. The molecule has 2 unspecified atom stereocenters. The molecular formula is C10H7F5IO5S-.